The van der Waals surface area contributed by atoms with Crippen LogP contribution >= 0.6 is 0 Å². The van der Waals surface area contributed by atoms with Crippen LogP contribution < -0.4 is 4.74 Å². The minimum atomic E-state index is -0.00786. The first-order valence-electron chi connectivity index (χ1n) is 6.74. The fraction of sp³-hybridized carbons (Fsp3) is 0.235. The molecule has 0 bridgehead atoms. The van der Waals surface area contributed by atoms with Crippen molar-refractivity contribution in [2.24, 2.45) is 0 Å². The van der Waals surface area contributed by atoms with Crippen molar-refractivity contribution in [3.63, 3.8) is 0 Å². The van der Waals surface area contributed by atoms with Gasteiger partial charge in [0.15, 0.2) is 0 Å². The number of likely N-dealkylation sites (N-methyl/N-ethyl adjacent to an activating group) is 1. The van der Waals surface area contributed by atoms with Gasteiger partial charge in [0.1, 0.15) is 11.5 Å². The van der Waals surface area contributed by atoms with Crippen molar-refractivity contribution < 1.29 is 14.6 Å². The summed E-state index contributed by atoms with van der Waals surface area (Å²) in [4.78, 5) is 13.9. The van der Waals surface area contributed by atoms with Crippen LogP contribution in [-0.2, 0) is 17.8 Å². The van der Waals surface area contributed by atoms with Crippen molar-refractivity contribution >= 4 is 5.91 Å². The first-order valence-corrected chi connectivity index (χ1v) is 6.74. The SMILES string of the molecule is COc1ccccc1CN(C)C(=O)Cc1cccc(O)c1. The van der Waals surface area contributed by atoms with Crippen LogP contribution in [0.2, 0.25) is 0 Å². The molecule has 0 heterocycles. The van der Waals surface area contributed by atoms with E-state index in [0.29, 0.717) is 6.54 Å². The van der Waals surface area contributed by atoms with E-state index in [1.54, 1.807) is 37.3 Å². The molecule has 0 aromatic heterocycles. The summed E-state index contributed by atoms with van der Waals surface area (Å²) >= 11 is 0. The molecule has 4 nitrogen and oxygen atoms in total. The van der Waals surface area contributed by atoms with Crippen molar-refractivity contribution in [3.05, 3.63) is 59.7 Å². The summed E-state index contributed by atoms with van der Waals surface area (Å²) in [7, 11) is 3.38. The first-order chi connectivity index (χ1) is 10.1. The maximum Gasteiger partial charge on any atom is 0.227 e. The number of aromatic hydroxyl groups is 1. The van der Waals surface area contributed by atoms with Crippen molar-refractivity contribution in [2.45, 2.75) is 13.0 Å². The van der Waals surface area contributed by atoms with Gasteiger partial charge in [-0.05, 0) is 23.8 Å². The summed E-state index contributed by atoms with van der Waals surface area (Å²) in [6, 6.07) is 14.4. The highest BCUT2D eigenvalue weighted by Crippen LogP contribution is 2.19. The third-order valence-corrected chi connectivity index (χ3v) is 3.29. The lowest BCUT2D eigenvalue weighted by molar-refractivity contribution is -0.129. The molecule has 0 fully saturated rings. The van der Waals surface area contributed by atoms with E-state index in [9.17, 15) is 9.90 Å². The fourth-order valence-corrected chi connectivity index (χ4v) is 2.15. The number of benzene rings is 2. The van der Waals surface area contributed by atoms with Gasteiger partial charge in [0.05, 0.1) is 13.5 Å². The molecule has 4 heteroatoms. The van der Waals surface area contributed by atoms with Crippen molar-refractivity contribution in [1.82, 2.24) is 4.90 Å². The predicted molar refractivity (Wildman–Crippen MR) is 81.3 cm³/mol. The summed E-state index contributed by atoms with van der Waals surface area (Å²) in [5.74, 6) is 0.939. The second-order valence-corrected chi connectivity index (χ2v) is 4.91. The Balaban J connectivity index is 2.02. The molecule has 0 saturated heterocycles. The topological polar surface area (TPSA) is 49.8 Å². The molecule has 1 amide bonds. The highest BCUT2D eigenvalue weighted by atomic mass is 16.5. The van der Waals surface area contributed by atoms with Gasteiger partial charge in [-0.3, -0.25) is 4.79 Å². The van der Waals surface area contributed by atoms with Gasteiger partial charge in [-0.1, -0.05) is 30.3 Å². The smallest absolute Gasteiger partial charge is 0.227 e. The predicted octanol–water partition coefficient (Wildman–Crippen LogP) is 2.60. The third kappa shape index (κ3) is 3.99. The number of methoxy groups -OCH3 is 1. The second kappa shape index (κ2) is 6.79. The van der Waals surface area contributed by atoms with Crippen molar-refractivity contribution in [2.75, 3.05) is 14.2 Å². The van der Waals surface area contributed by atoms with Gasteiger partial charge in [-0.25, -0.2) is 0 Å². The number of amides is 1. The Morgan fingerprint density at radius 1 is 1.19 bits per heavy atom. The van der Waals surface area contributed by atoms with Gasteiger partial charge >= 0.3 is 0 Å². The molecular formula is C17H19NO3. The van der Waals surface area contributed by atoms with E-state index in [1.165, 1.54) is 0 Å². The number of phenols is 1. The number of carbonyl (C=O) groups excluding carboxylic acids is 1. The molecule has 110 valence electrons. The van der Waals surface area contributed by atoms with E-state index in [-0.39, 0.29) is 18.1 Å². The molecular weight excluding hydrogens is 266 g/mol. The first kappa shape index (κ1) is 14.9. The lowest BCUT2D eigenvalue weighted by atomic mass is 10.1. The number of hydrogen-bond donors (Lipinski definition) is 1. The Bertz CT molecular complexity index is 625. The Hall–Kier alpha value is -2.49. The number of hydrogen-bond acceptors (Lipinski definition) is 3. The van der Waals surface area contributed by atoms with Crippen molar-refractivity contribution in [1.29, 1.82) is 0 Å². The van der Waals surface area contributed by atoms with Crippen molar-refractivity contribution in [3.8, 4) is 11.5 Å². The molecule has 0 atom stereocenters. The van der Waals surface area contributed by atoms with Crippen LogP contribution in [0.4, 0.5) is 0 Å². The number of nitrogens with zero attached hydrogens (tertiary/aromatic N) is 1. The van der Waals surface area contributed by atoms with Crippen LogP contribution in [0.25, 0.3) is 0 Å². The second-order valence-electron chi connectivity index (χ2n) is 4.91. The van der Waals surface area contributed by atoms with E-state index >= 15 is 0 Å². The average Bonchev–Trinajstić information content (AvgIpc) is 2.47. The van der Waals surface area contributed by atoms with E-state index < -0.39 is 0 Å². The van der Waals surface area contributed by atoms with Gasteiger partial charge in [-0.2, -0.15) is 0 Å². The Kier molecular flexibility index (Phi) is 4.82. The maximum atomic E-state index is 12.2. The number of phenolic OH excluding ortho intramolecular Hbond substituents is 1. The van der Waals surface area contributed by atoms with Gasteiger partial charge in [0.25, 0.3) is 0 Å². The Morgan fingerprint density at radius 3 is 2.67 bits per heavy atom. The Labute approximate surface area is 124 Å². The largest absolute Gasteiger partial charge is 0.508 e. The summed E-state index contributed by atoms with van der Waals surface area (Å²) < 4.78 is 5.29. The van der Waals surface area contributed by atoms with Gasteiger partial charge in [0, 0.05) is 19.2 Å². The summed E-state index contributed by atoms with van der Waals surface area (Å²) in [6.45, 7) is 0.488. The molecule has 1 N–H and O–H groups in total. The Morgan fingerprint density at radius 2 is 1.95 bits per heavy atom. The molecule has 0 saturated carbocycles. The minimum Gasteiger partial charge on any atom is -0.508 e. The normalized spacial score (nSPS) is 10.2. The number of para-hydroxylation sites is 1. The van der Waals surface area contributed by atoms with E-state index in [0.717, 1.165) is 16.9 Å². The molecule has 2 aromatic rings. The van der Waals surface area contributed by atoms with E-state index in [2.05, 4.69) is 0 Å². The number of carbonyl (C=O) groups is 1. The van der Waals surface area contributed by atoms with Crippen LogP contribution in [0.1, 0.15) is 11.1 Å². The van der Waals surface area contributed by atoms with E-state index in [1.807, 2.05) is 30.3 Å². The molecule has 0 spiro atoms. The minimum absolute atomic E-state index is 0.00786. The average molecular weight is 285 g/mol. The molecule has 0 unspecified atom stereocenters. The molecule has 0 aliphatic heterocycles. The van der Waals surface area contributed by atoms with E-state index in [4.69, 9.17) is 4.74 Å². The molecule has 0 radical (unpaired) electrons. The number of ether oxygens (including phenoxy) is 1. The summed E-state index contributed by atoms with van der Waals surface area (Å²) in [5.41, 5.74) is 1.76. The highest BCUT2D eigenvalue weighted by Gasteiger charge is 2.12. The molecule has 0 aliphatic carbocycles. The van der Waals surface area contributed by atoms with Gasteiger partial charge in [-0.15, -0.1) is 0 Å². The zero-order chi connectivity index (χ0) is 15.2. The van der Waals surface area contributed by atoms with Crippen LogP contribution in [0.15, 0.2) is 48.5 Å². The van der Waals surface area contributed by atoms with Crippen LogP contribution in [-0.4, -0.2) is 30.1 Å². The maximum absolute atomic E-state index is 12.2. The van der Waals surface area contributed by atoms with Gasteiger partial charge in [0.2, 0.25) is 5.91 Å². The fourth-order valence-electron chi connectivity index (χ4n) is 2.15. The van der Waals surface area contributed by atoms with Gasteiger partial charge < -0.3 is 14.7 Å². The highest BCUT2D eigenvalue weighted by molar-refractivity contribution is 5.78. The molecule has 21 heavy (non-hydrogen) atoms. The van der Waals surface area contributed by atoms with Crippen LogP contribution in [0.5, 0.6) is 11.5 Å². The standard InChI is InChI=1S/C17H19NO3/c1-18(12-14-7-3-4-9-16(14)21-2)17(20)11-13-6-5-8-15(19)10-13/h3-10,19H,11-12H2,1-2H3. The quantitative estimate of drug-likeness (QED) is 0.918. The van der Waals surface area contributed by atoms with Crippen LogP contribution in [0.3, 0.4) is 0 Å². The third-order valence-electron chi connectivity index (χ3n) is 3.29. The molecule has 2 rings (SSSR count). The monoisotopic (exact) mass is 285 g/mol. The number of rotatable bonds is 5. The summed E-state index contributed by atoms with van der Waals surface area (Å²) in [5, 5.41) is 9.43. The molecule has 0 aliphatic rings. The summed E-state index contributed by atoms with van der Waals surface area (Å²) in [6.07, 6.45) is 0.264. The lowest BCUT2D eigenvalue weighted by Crippen LogP contribution is -2.27. The van der Waals surface area contributed by atoms with Crippen LogP contribution in [0, 0.1) is 0 Å². The lowest BCUT2D eigenvalue weighted by Gasteiger charge is -2.19. The zero-order valence-electron chi connectivity index (χ0n) is 12.2. The zero-order valence-corrected chi connectivity index (χ0v) is 12.2. The molecule has 2 aromatic carbocycles.